The van der Waals surface area contributed by atoms with E-state index < -0.39 is 30.1 Å². The van der Waals surface area contributed by atoms with Gasteiger partial charge in [-0.2, -0.15) is 0 Å². The summed E-state index contributed by atoms with van der Waals surface area (Å²) in [6, 6.07) is 8.31. The van der Waals surface area contributed by atoms with Gasteiger partial charge in [-0.3, -0.25) is 4.79 Å². The molecule has 5 nitrogen and oxygen atoms in total. The number of ether oxygens (including phenoxy) is 1. The minimum absolute atomic E-state index is 0.0942. The summed E-state index contributed by atoms with van der Waals surface area (Å²) in [4.78, 5) is 23.2. The number of carbonyl (C=O) groups is 2. The van der Waals surface area contributed by atoms with Crippen LogP contribution in [0.1, 0.15) is 10.4 Å². The van der Waals surface area contributed by atoms with Crippen LogP contribution in [-0.2, 0) is 9.53 Å². The van der Waals surface area contributed by atoms with E-state index in [1.807, 2.05) is 0 Å². The highest BCUT2D eigenvalue weighted by atomic mass is 19.1. The van der Waals surface area contributed by atoms with Gasteiger partial charge in [0.05, 0.1) is 5.69 Å². The van der Waals surface area contributed by atoms with Gasteiger partial charge in [0, 0.05) is 6.07 Å². The Bertz CT molecular complexity index is 718. The molecule has 2 aromatic rings. The lowest BCUT2D eigenvalue weighted by atomic mass is 10.2. The lowest BCUT2D eigenvalue weighted by molar-refractivity contribution is -0.119. The lowest BCUT2D eigenvalue weighted by Gasteiger charge is -2.08. The summed E-state index contributed by atoms with van der Waals surface area (Å²) in [6.07, 6.45) is 0. The van der Waals surface area contributed by atoms with Crippen LogP contribution >= 0.6 is 0 Å². The predicted molar refractivity (Wildman–Crippen MR) is 73.4 cm³/mol. The summed E-state index contributed by atoms with van der Waals surface area (Å²) in [5.74, 6) is -3.69. The molecule has 2 aromatic carbocycles. The van der Waals surface area contributed by atoms with Crippen LogP contribution in [0.25, 0.3) is 0 Å². The number of rotatable bonds is 4. The van der Waals surface area contributed by atoms with Crippen molar-refractivity contribution in [2.45, 2.75) is 0 Å². The van der Waals surface area contributed by atoms with Gasteiger partial charge < -0.3 is 15.2 Å². The highest BCUT2D eigenvalue weighted by Crippen LogP contribution is 2.17. The molecule has 1 amide bonds. The van der Waals surface area contributed by atoms with Gasteiger partial charge in [0.25, 0.3) is 5.91 Å². The highest BCUT2D eigenvalue weighted by Gasteiger charge is 2.14. The molecule has 0 heterocycles. The topological polar surface area (TPSA) is 75.6 Å². The van der Waals surface area contributed by atoms with Crippen molar-refractivity contribution in [1.29, 1.82) is 0 Å². The largest absolute Gasteiger partial charge is 0.507 e. The molecule has 2 N–H and O–H groups in total. The van der Waals surface area contributed by atoms with Gasteiger partial charge in [-0.15, -0.1) is 0 Å². The van der Waals surface area contributed by atoms with Gasteiger partial charge in [-0.25, -0.2) is 13.6 Å². The number of halogens is 2. The Morgan fingerprint density at radius 1 is 1.14 bits per heavy atom. The first-order valence-corrected chi connectivity index (χ1v) is 6.17. The first kappa shape index (κ1) is 15.4. The normalized spacial score (nSPS) is 10.1. The van der Waals surface area contributed by atoms with Crippen molar-refractivity contribution in [2.24, 2.45) is 0 Å². The first-order valence-electron chi connectivity index (χ1n) is 6.17. The van der Waals surface area contributed by atoms with E-state index >= 15 is 0 Å². The molecule has 22 heavy (non-hydrogen) atoms. The number of para-hydroxylation sites is 1. The van der Waals surface area contributed by atoms with Crippen molar-refractivity contribution >= 4 is 17.6 Å². The standard InChI is InChI=1S/C15H11F2NO4/c16-9-5-6-12(11(17)7-9)18-14(20)8-22-15(21)10-3-1-2-4-13(10)19/h1-7,19H,8H2,(H,18,20). The molecule has 0 bridgehead atoms. The SMILES string of the molecule is O=C(COC(=O)c1ccccc1O)Nc1ccc(F)cc1F. The van der Waals surface area contributed by atoms with E-state index in [4.69, 9.17) is 4.74 Å². The summed E-state index contributed by atoms with van der Waals surface area (Å²) in [6.45, 7) is -0.677. The van der Waals surface area contributed by atoms with Gasteiger partial charge in [-0.1, -0.05) is 12.1 Å². The van der Waals surface area contributed by atoms with E-state index in [0.29, 0.717) is 6.07 Å². The van der Waals surface area contributed by atoms with Crippen LogP contribution < -0.4 is 5.32 Å². The maximum absolute atomic E-state index is 13.3. The Labute approximate surface area is 124 Å². The molecule has 0 fully saturated rings. The second kappa shape index (κ2) is 6.66. The van der Waals surface area contributed by atoms with E-state index in [-0.39, 0.29) is 17.0 Å². The Morgan fingerprint density at radius 3 is 2.55 bits per heavy atom. The van der Waals surface area contributed by atoms with Crippen LogP contribution in [0.5, 0.6) is 5.75 Å². The molecule has 114 valence electrons. The van der Waals surface area contributed by atoms with E-state index in [2.05, 4.69) is 5.32 Å². The Hall–Kier alpha value is -2.96. The number of hydrogen-bond acceptors (Lipinski definition) is 4. The van der Waals surface area contributed by atoms with Crippen LogP contribution in [0, 0.1) is 11.6 Å². The van der Waals surface area contributed by atoms with Crippen molar-refractivity contribution in [1.82, 2.24) is 0 Å². The molecule has 7 heteroatoms. The Kier molecular flexibility index (Phi) is 4.67. The quantitative estimate of drug-likeness (QED) is 0.851. The summed E-state index contributed by atoms with van der Waals surface area (Å²) in [5.41, 5.74) is -0.326. The fourth-order valence-corrected chi connectivity index (χ4v) is 1.63. The summed E-state index contributed by atoms with van der Waals surface area (Å²) >= 11 is 0. The van der Waals surface area contributed by atoms with Gasteiger partial charge in [-0.05, 0) is 24.3 Å². The average molecular weight is 307 g/mol. The number of amides is 1. The zero-order valence-electron chi connectivity index (χ0n) is 11.2. The number of anilines is 1. The number of nitrogens with one attached hydrogen (secondary N) is 1. The summed E-state index contributed by atoms with van der Waals surface area (Å²) in [5, 5.41) is 11.6. The fourth-order valence-electron chi connectivity index (χ4n) is 1.63. The number of hydrogen-bond donors (Lipinski definition) is 2. The molecule has 0 aromatic heterocycles. The van der Waals surface area contributed by atoms with Gasteiger partial charge in [0.2, 0.25) is 0 Å². The number of benzene rings is 2. The number of aromatic hydroxyl groups is 1. The van der Waals surface area contributed by atoms with Crippen LogP contribution in [0.3, 0.4) is 0 Å². The third-order valence-electron chi connectivity index (χ3n) is 2.66. The van der Waals surface area contributed by atoms with Crippen LogP contribution in [0.15, 0.2) is 42.5 Å². The van der Waals surface area contributed by atoms with Gasteiger partial charge in [0.1, 0.15) is 22.9 Å². The molecule has 0 aliphatic carbocycles. The second-order valence-corrected chi connectivity index (χ2v) is 4.27. The average Bonchev–Trinajstić information content (AvgIpc) is 2.48. The highest BCUT2D eigenvalue weighted by molar-refractivity contribution is 5.96. The molecule has 0 aliphatic heterocycles. The maximum Gasteiger partial charge on any atom is 0.342 e. The summed E-state index contributed by atoms with van der Waals surface area (Å²) < 4.78 is 30.7. The van der Waals surface area contributed by atoms with Crippen molar-refractivity contribution in [3.8, 4) is 5.75 Å². The van der Waals surface area contributed by atoms with Crippen molar-refractivity contribution in [3.63, 3.8) is 0 Å². The molecule has 0 atom stereocenters. The molecule has 0 saturated heterocycles. The first-order chi connectivity index (χ1) is 10.5. The molecule has 0 aliphatic rings. The van der Waals surface area contributed by atoms with Crippen LogP contribution in [0.4, 0.5) is 14.5 Å². The zero-order valence-corrected chi connectivity index (χ0v) is 11.2. The van der Waals surface area contributed by atoms with Crippen molar-refractivity contribution in [3.05, 3.63) is 59.7 Å². The maximum atomic E-state index is 13.3. The predicted octanol–water partition coefficient (Wildman–Crippen LogP) is 2.47. The molecule has 2 rings (SSSR count). The van der Waals surface area contributed by atoms with E-state index in [0.717, 1.165) is 12.1 Å². The van der Waals surface area contributed by atoms with Crippen molar-refractivity contribution in [2.75, 3.05) is 11.9 Å². The third-order valence-corrected chi connectivity index (χ3v) is 2.66. The molecular weight excluding hydrogens is 296 g/mol. The zero-order chi connectivity index (χ0) is 16.1. The van der Waals surface area contributed by atoms with Crippen molar-refractivity contribution < 1.29 is 28.2 Å². The van der Waals surface area contributed by atoms with Crippen LogP contribution in [-0.4, -0.2) is 23.6 Å². The Balaban J connectivity index is 1.93. The smallest absolute Gasteiger partial charge is 0.342 e. The number of phenols is 1. The van der Waals surface area contributed by atoms with Gasteiger partial charge >= 0.3 is 5.97 Å². The molecule has 0 saturated carbocycles. The number of esters is 1. The Morgan fingerprint density at radius 2 is 1.86 bits per heavy atom. The number of phenolic OH excluding ortho intramolecular Hbond substituents is 1. The lowest BCUT2D eigenvalue weighted by Crippen LogP contribution is -2.21. The second-order valence-electron chi connectivity index (χ2n) is 4.27. The number of carbonyl (C=O) groups excluding carboxylic acids is 2. The molecular formula is C15H11F2NO4. The minimum Gasteiger partial charge on any atom is -0.507 e. The fraction of sp³-hybridized carbons (Fsp3) is 0.0667. The van der Waals surface area contributed by atoms with E-state index in [1.165, 1.54) is 24.3 Å². The van der Waals surface area contributed by atoms with Crippen LogP contribution in [0.2, 0.25) is 0 Å². The van der Waals surface area contributed by atoms with Gasteiger partial charge in [0.15, 0.2) is 6.61 Å². The third kappa shape index (κ3) is 3.78. The molecule has 0 spiro atoms. The minimum atomic E-state index is -0.944. The monoisotopic (exact) mass is 307 g/mol. The van der Waals surface area contributed by atoms with E-state index in [9.17, 15) is 23.5 Å². The molecule has 0 radical (unpaired) electrons. The summed E-state index contributed by atoms with van der Waals surface area (Å²) in [7, 11) is 0. The molecule has 0 unspecified atom stereocenters. The van der Waals surface area contributed by atoms with E-state index in [1.54, 1.807) is 0 Å².